The predicted molar refractivity (Wildman–Crippen MR) is 94.7 cm³/mol. The standard InChI is InChI=1S/C18H17N3O3S/c1-20-25(23,24)17-9-6-14(7-10-17)8-11-18(22)21-13-16-4-2-15(12-19)3-5-16/h2-11,20H,13H2,1H3,(H,21,22)/b11-8+. The zero-order valence-corrected chi connectivity index (χ0v) is 14.4. The highest BCUT2D eigenvalue weighted by molar-refractivity contribution is 7.89. The molecule has 0 spiro atoms. The van der Waals surface area contributed by atoms with Crippen LogP contribution in [0.25, 0.3) is 6.08 Å². The van der Waals surface area contributed by atoms with Crippen LogP contribution in [-0.2, 0) is 21.4 Å². The molecule has 7 heteroatoms. The largest absolute Gasteiger partial charge is 0.348 e. The van der Waals surface area contributed by atoms with Gasteiger partial charge in [-0.25, -0.2) is 13.1 Å². The molecule has 2 aromatic rings. The van der Waals surface area contributed by atoms with Gasteiger partial charge in [-0.1, -0.05) is 24.3 Å². The first-order valence-electron chi connectivity index (χ1n) is 7.43. The minimum Gasteiger partial charge on any atom is -0.348 e. The van der Waals surface area contributed by atoms with Gasteiger partial charge in [0.25, 0.3) is 0 Å². The summed E-state index contributed by atoms with van der Waals surface area (Å²) in [6.07, 6.45) is 2.98. The third-order valence-corrected chi connectivity index (χ3v) is 4.87. The summed E-state index contributed by atoms with van der Waals surface area (Å²) in [5.74, 6) is -0.267. The van der Waals surface area contributed by atoms with E-state index in [1.807, 2.05) is 6.07 Å². The summed E-state index contributed by atoms with van der Waals surface area (Å²) in [7, 11) is -2.12. The number of carbonyl (C=O) groups is 1. The molecule has 0 saturated heterocycles. The molecule has 0 aliphatic heterocycles. The lowest BCUT2D eigenvalue weighted by atomic mass is 10.1. The van der Waals surface area contributed by atoms with Crippen molar-refractivity contribution in [3.05, 3.63) is 71.3 Å². The molecule has 0 saturated carbocycles. The molecule has 1 amide bonds. The van der Waals surface area contributed by atoms with E-state index in [0.717, 1.165) is 5.56 Å². The first kappa shape index (κ1) is 18.4. The number of hydrogen-bond donors (Lipinski definition) is 2. The molecule has 0 fully saturated rings. The molecule has 25 heavy (non-hydrogen) atoms. The maximum atomic E-state index is 11.8. The van der Waals surface area contributed by atoms with Crippen LogP contribution < -0.4 is 10.0 Å². The molecular formula is C18H17N3O3S. The van der Waals surface area contributed by atoms with Crippen LogP contribution in [0.3, 0.4) is 0 Å². The van der Waals surface area contributed by atoms with Crippen molar-refractivity contribution in [1.82, 2.24) is 10.0 Å². The highest BCUT2D eigenvalue weighted by Gasteiger charge is 2.09. The van der Waals surface area contributed by atoms with Gasteiger partial charge in [-0.2, -0.15) is 5.26 Å². The second-order valence-corrected chi connectivity index (χ2v) is 7.02. The van der Waals surface area contributed by atoms with Gasteiger partial charge in [0.05, 0.1) is 16.5 Å². The summed E-state index contributed by atoms with van der Waals surface area (Å²) in [5.41, 5.74) is 2.17. The number of nitriles is 1. The number of hydrogen-bond acceptors (Lipinski definition) is 4. The maximum absolute atomic E-state index is 11.8. The Balaban J connectivity index is 1.92. The molecule has 0 aromatic heterocycles. The smallest absolute Gasteiger partial charge is 0.244 e. The van der Waals surface area contributed by atoms with E-state index >= 15 is 0 Å². The molecule has 2 N–H and O–H groups in total. The molecule has 0 atom stereocenters. The van der Waals surface area contributed by atoms with E-state index in [-0.39, 0.29) is 10.8 Å². The van der Waals surface area contributed by atoms with E-state index < -0.39 is 10.0 Å². The van der Waals surface area contributed by atoms with Gasteiger partial charge in [0.1, 0.15) is 0 Å². The van der Waals surface area contributed by atoms with Crippen molar-refractivity contribution in [1.29, 1.82) is 5.26 Å². The van der Waals surface area contributed by atoms with Crippen LogP contribution in [0, 0.1) is 11.3 Å². The van der Waals surface area contributed by atoms with Crippen molar-refractivity contribution in [3.63, 3.8) is 0 Å². The Bertz CT molecular complexity index is 910. The van der Waals surface area contributed by atoms with Crippen LogP contribution in [0.15, 0.2) is 59.5 Å². The van der Waals surface area contributed by atoms with Gasteiger partial charge >= 0.3 is 0 Å². The summed E-state index contributed by atoms with van der Waals surface area (Å²) in [4.78, 5) is 12.0. The molecule has 2 aromatic carbocycles. The zero-order valence-electron chi connectivity index (χ0n) is 13.6. The minimum atomic E-state index is -3.46. The average Bonchev–Trinajstić information content (AvgIpc) is 2.65. The zero-order chi connectivity index (χ0) is 18.3. The maximum Gasteiger partial charge on any atom is 0.244 e. The number of carbonyl (C=O) groups excluding carboxylic acids is 1. The molecule has 0 heterocycles. The second kappa shape index (κ2) is 8.24. The third kappa shape index (κ3) is 5.28. The lowest BCUT2D eigenvalue weighted by molar-refractivity contribution is -0.116. The number of nitrogens with one attached hydrogen (secondary N) is 2. The van der Waals surface area contributed by atoms with Crippen molar-refractivity contribution in [2.45, 2.75) is 11.4 Å². The molecule has 6 nitrogen and oxygen atoms in total. The molecule has 0 bridgehead atoms. The van der Waals surface area contributed by atoms with Gasteiger partial charge in [-0.05, 0) is 48.5 Å². The summed E-state index contributed by atoms with van der Waals surface area (Å²) >= 11 is 0. The quantitative estimate of drug-likeness (QED) is 0.772. The van der Waals surface area contributed by atoms with Crippen molar-refractivity contribution in [3.8, 4) is 6.07 Å². The topological polar surface area (TPSA) is 99.1 Å². The molecule has 0 unspecified atom stereocenters. The molecule has 2 rings (SSSR count). The summed E-state index contributed by atoms with van der Waals surface area (Å²) in [6.45, 7) is 0.355. The normalized spacial score (nSPS) is 11.2. The van der Waals surface area contributed by atoms with Crippen LogP contribution in [0.1, 0.15) is 16.7 Å². The van der Waals surface area contributed by atoms with Gasteiger partial charge in [0.15, 0.2) is 0 Å². The average molecular weight is 355 g/mol. The van der Waals surface area contributed by atoms with Crippen molar-refractivity contribution in [2.75, 3.05) is 7.05 Å². The van der Waals surface area contributed by atoms with Gasteiger partial charge < -0.3 is 5.32 Å². The molecule has 128 valence electrons. The van der Waals surface area contributed by atoms with Gasteiger partial charge in [-0.15, -0.1) is 0 Å². The number of benzene rings is 2. The number of amides is 1. The predicted octanol–water partition coefficient (Wildman–Crippen LogP) is 1.80. The van der Waals surface area contributed by atoms with E-state index in [0.29, 0.717) is 17.7 Å². The first-order valence-corrected chi connectivity index (χ1v) is 8.91. The Morgan fingerprint density at radius 3 is 2.32 bits per heavy atom. The third-order valence-electron chi connectivity index (χ3n) is 3.44. The Hall–Kier alpha value is -2.95. The van der Waals surface area contributed by atoms with Crippen LogP contribution in [0.4, 0.5) is 0 Å². The summed E-state index contributed by atoms with van der Waals surface area (Å²) < 4.78 is 25.5. The Labute approximate surface area is 146 Å². The van der Waals surface area contributed by atoms with Crippen LogP contribution >= 0.6 is 0 Å². The van der Waals surface area contributed by atoms with Crippen LogP contribution in [0.5, 0.6) is 0 Å². The molecule has 0 radical (unpaired) electrons. The molecule has 0 aliphatic carbocycles. The first-order chi connectivity index (χ1) is 11.9. The fourth-order valence-corrected chi connectivity index (χ4v) is 2.72. The van der Waals surface area contributed by atoms with E-state index in [4.69, 9.17) is 5.26 Å². The Morgan fingerprint density at radius 2 is 1.76 bits per heavy atom. The fourth-order valence-electron chi connectivity index (χ4n) is 1.99. The van der Waals surface area contributed by atoms with Crippen molar-refractivity contribution >= 4 is 22.0 Å². The fraction of sp³-hybridized carbons (Fsp3) is 0.111. The van der Waals surface area contributed by atoms with E-state index in [2.05, 4.69) is 10.0 Å². The number of nitrogens with zero attached hydrogens (tertiary/aromatic N) is 1. The number of rotatable bonds is 6. The van der Waals surface area contributed by atoms with Gasteiger partial charge in [0.2, 0.25) is 15.9 Å². The Morgan fingerprint density at radius 1 is 1.12 bits per heavy atom. The van der Waals surface area contributed by atoms with Crippen molar-refractivity contribution in [2.24, 2.45) is 0 Å². The SMILES string of the molecule is CNS(=O)(=O)c1ccc(/C=C/C(=O)NCc2ccc(C#N)cc2)cc1. The van der Waals surface area contributed by atoms with Gasteiger partial charge in [-0.3, -0.25) is 4.79 Å². The minimum absolute atomic E-state index is 0.164. The lowest BCUT2D eigenvalue weighted by Crippen LogP contribution is -2.20. The van der Waals surface area contributed by atoms with E-state index in [1.54, 1.807) is 42.5 Å². The summed E-state index contributed by atoms with van der Waals surface area (Å²) in [5, 5.41) is 11.5. The van der Waals surface area contributed by atoms with E-state index in [9.17, 15) is 13.2 Å². The second-order valence-electron chi connectivity index (χ2n) is 5.14. The highest BCUT2D eigenvalue weighted by Crippen LogP contribution is 2.11. The van der Waals surface area contributed by atoms with Crippen molar-refractivity contribution < 1.29 is 13.2 Å². The monoisotopic (exact) mass is 355 g/mol. The number of sulfonamides is 1. The van der Waals surface area contributed by atoms with E-state index in [1.165, 1.54) is 25.3 Å². The lowest BCUT2D eigenvalue weighted by Gasteiger charge is -2.03. The Kier molecular flexibility index (Phi) is 6.06. The van der Waals surface area contributed by atoms with Gasteiger partial charge in [0, 0.05) is 12.6 Å². The van der Waals surface area contributed by atoms with Crippen LogP contribution in [-0.4, -0.2) is 21.4 Å². The summed E-state index contributed by atoms with van der Waals surface area (Å²) in [6, 6.07) is 15.2. The van der Waals surface area contributed by atoms with Crippen LogP contribution in [0.2, 0.25) is 0 Å². The highest BCUT2D eigenvalue weighted by atomic mass is 32.2. The molecule has 0 aliphatic rings. The molecular weight excluding hydrogens is 338 g/mol.